The Balaban J connectivity index is 0.00000288. The molecule has 1 fully saturated rings. The van der Waals surface area contributed by atoms with Gasteiger partial charge in [0.1, 0.15) is 0 Å². The highest BCUT2D eigenvalue weighted by atomic mass is 127. The number of phenols is 1. The third kappa shape index (κ3) is 5.69. The van der Waals surface area contributed by atoms with Crippen molar-refractivity contribution in [2.24, 2.45) is 4.99 Å². The standard InChI is InChI=1S/C15H23N3O4S.HI/c1-3-16-15(18-12-7-8-23(20,21)10-12)17-9-11-5-4-6-13(22-2)14(11)19;/h4-6,12,19H,3,7-10H2,1-2H3,(H2,16,17,18);1H. The van der Waals surface area contributed by atoms with Crippen LogP contribution in [0, 0.1) is 0 Å². The van der Waals surface area contributed by atoms with E-state index in [1.54, 1.807) is 18.2 Å². The van der Waals surface area contributed by atoms with Crippen LogP contribution >= 0.6 is 24.0 Å². The quantitative estimate of drug-likeness (QED) is 0.341. The zero-order chi connectivity index (χ0) is 16.9. The molecule has 0 spiro atoms. The normalized spacial score (nSPS) is 19.4. The lowest BCUT2D eigenvalue weighted by molar-refractivity contribution is 0.370. The summed E-state index contributed by atoms with van der Waals surface area (Å²) in [6, 6.07) is 5.10. The first kappa shape index (κ1) is 20.8. The maximum Gasteiger partial charge on any atom is 0.191 e. The predicted octanol–water partition coefficient (Wildman–Crippen LogP) is 1.26. The molecule has 0 radical (unpaired) electrons. The number of benzene rings is 1. The average molecular weight is 469 g/mol. The van der Waals surface area contributed by atoms with Crippen LogP contribution in [0.2, 0.25) is 0 Å². The SMILES string of the molecule is CCNC(=NCc1cccc(OC)c1O)NC1CCS(=O)(=O)C1.I. The molecule has 1 atom stereocenters. The summed E-state index contributed by atoms with van der Waals surface area (Å²) in [6.45, 7) is 2.86. The Morgan fingerprint density at radius 3 is 2.79 bits per heavy atom. The Morgan fingerprint density at radius 1 is 1.46 bits per heavy atom. The number of nitrogens with zero attached hydrogens (tertiary/aromatic N) is 1. The van der Waals surface area contributed by atoms with E-state index < -0.39 is 9.84 Å². The lowest BCUT2D eigenvalue weighted by atomic mass is 10.2. The van der Waals surface area contributed by atoms with Crippen molar-refractivity contribution in [2.75, 3.05) is 25.2 Å². The molecule has 0 saturated carbocycles. The molecule has 7 nitrogen and oxygen atoms in total. The van der Waals surface area contributed by atoms with Crippen molar-refractivity contribution in [3.05, 3.63) is 23.8 Å². The number of aliphatic imine (C=N–C) groups is 1. The van der Waals surface area contributed by atoms with Gasteiger partial charge >= 0.3 is 0 Å². The number of halogens is 1. The van der Waals surface area contributed by atoms with Gasteiger partial charge in [0.25, 0.3) is 0 Å². The Kier molecular flexibility index (Phi) is 8.07. The van der Waals surface area contributed by atoms with Gasteiger partial charge in [0.15, 0.2) is 27.3 Å². The number of hydrogen-bond donors (Lipinski definition) is 3. The molecule has 136 valence electrons. The van der Waals surface area contributed by atoms with Gasteiger partial charge in [0.2, 0.25) is 0 Å². The topological polar surface area (TPSA) is 100 Å². The van der Waals surface area contributed by atoms with Crippen LogP contribution in [-0.2, 0) is 16.4 Å². The second-order valence-corrected chi connectivity index (χ2v) is 7.64. The first-order chi connectivity index (χ1) is 10.9. The van der Waals surface area contributed by atoms with Gasteiger partial charge in [-0.2, -0.15) is 0 Å². The lowest BCUT2D eigenvalue weighted by Crippen LogP contribution is -2.44. The molecule has 1 aliphatic rings. The number of phenolic OH excluding ortho intramolecular Hbond substituents is 1. The van der Waals surface area contributed by atoms with Crippen molar-refractivity contribution < 1.29 is 18.3 Å². The predicted molar refractivity (Wildman–Crippen MR) is 105 cm³/mol. The molecule has 1 unspecified atom stereocenters. The van der Waals surface area contributed by atoms with Crippen LogP contribution in [0.25, 0.3) is 0 Å². The molecule has 3 N–H and O–H groups in total. The Labute approximate surface area is 159 Å². The summed E-state index contributed by atoms with van der Waals surface area (Å²) in [5, 5.41) is 16.3. The van der Waals surface area contributed by atoms with Crippen molar-refractivity contribution >= 4 is 39.8 Å². The molecule has 1 aromatic carbocycles. The van der Waals surface area contributed by atoms with E-state index in [4.69, 9.17) is 4.74 Å². The molecule has 0 amide bonds. The van der Waals surface area contributed by atoms with Crippen LogP contribution in [0.5, 0.6) is 11.5 Å². The molecule has 0 aromatic heterocycles. The molecule has 1 saturated heterocycles. The summed E-state index contributed by atoms with van der Waals surface area (Å²) in [5.41, 5.74) is 0.639. The van der Waals surface area contributed by atoms with Gasteiger partial charge in [-0.1, -0.05) is 12.1 Å². The third-order valence-electron chi connectivity index (χ3n) is 3.63. The zero-order valence-electron chi connectivity index (χ0n) is 13.8. The Hall–Kier alpha value is -1.23. The molecule has 1 aromatic rings. The van der Waals surface area contributed by atoms with E-state index in [-0.39, 0.29) is 53.8 Å². The van der Waals surface area contributed by atoms with E-state index in [1.807, 2.05) is 6.92 Å². The van der Waals surface area contributed by atoms with Crippen molar-refractivity contribution in [1.82, 2.24) is 10.6 Å². The number of sulfone groups is 1. The second-order valence-electron chi connectivity index (χ2n) is 5.41. The highest BCUT2D eigenvalue weighted by Crippen LogP contribution is 2.29. The van der Waals surface area contributed by atoms with Crippen molar-refractivity contribution in [3.63, 3.8) is 0 Å². The van der Waals surface area contributed by atoms with E-state index in [0.717, 1.165) is 0 Å². The highest BCUT2D eigenvalue weighted by molar-refractivity contribution is 14.0. The van der Waals surface area contributed by atoms with Gasteiger partial charge in [0, 0.05) is 18.2 Å². The number of guanidine groups is 1. The number of nitrogens with one attached hydrogen (secondary N) is 2. The number of aromatic hydroxyl groups is 1. The monoisotopic (exact) mass is 469 g/mol. The summed E-state index contributed by atoms with van der Waals surface area (Å²) < 4.78 is 28.1. The van der Waals surface area contributed by atoms with Gasteiger partial charge in [-0.05, 0) is 19.4 Å². The Bertz CT molecular complexity index is 679. The van der Waals surface area contributed by atoms with Crippen molar-refractivity contribution in [2.45, 2.75) is 25.9 Å². The molecule has 2 rings (SSSR count). The molecule has 0 bridgehead atoms. The van der Waals surface area contributed by atoms with E-state index in [2.05, 4.69) is 15.6 Å². The second kappa shape index (κ2) is 9.30. The first-order valence-corrected chi connectivity index (χ1v) is 9.37. The summed E-state index contributed by atoms with van der Waals surface area (Å²) >= 11 is 0. The van der Waals surface area contributed by atoms with E-state index >= 15 is 0 Å². The number of para-hydroxylation sites is 1. The maximum absolute atomic E-state index is 11.5. The molecular formula is C15H24IN3O4S. The minimum Gasteiger partial charge on any atom is -0.504 e. The van der Waals surface area contributed by atoms with Crippen LogP contribution in [0.1, 0.15) is 18.9 Å². The fraction of sp³-hybridized carbons (Fsp3) is 0.533. The van der Waals surface area contributed by atoms with E-state index in [1.165, 1.54) is 7.11 Å². The summed E-state index contributed by atoms with van der Waals surface area (Å²) in [5.74, 6) is 1.34. The van der Waals surface area contributed by atoms with Crippen LogP contribution in [0.15, 0.2) is 23.2 Å². The van der Waals surface area contributed by atoms with Crippen LogP contribution in [-0.4, -0.2) is 50.7 Å². The van der Waals surface area contributed by atoms with Gasteiger partial charge in [0.05, 0.1) is 25.2 Å². The first-order valence-electron chi connectivity index (χ1n) is 7.55. The summed E-state index contributed by atoms with van der Waals surface area (Å²) in [4.78, 5) is 4.42. The van der Waals surface area contributed by atoms with Gasteiger partial charge in [-0.25, -0.2) is 13.4 Å². The fourth-order valence-corrected chi connectivity index (χ4v) is 4.12. The van der Waals surface area contributed by atoms with Gasteiger partial charge < -0.3 is 20.5 Å². The molecule has 0 aliphatic carbocycles. The van der Waals surface area contributed by atoms with Gasteiger partial charge in [-0.15, -0.1) is 24.0 Å². The minimum absolute atomic E-state index is 0. The minimum atomic E-state index is -2.94. The van der Waals surface area contributed by atoms with Gasteiger partial charge in [-0.3, -0.25) is 0 Å². The molecular weight excluding hydrogens is 445 g/mol. The van der Waals surface area contributed by atoms with Crippen LogP contribution in [0.4, 0.5) is 0 Å². The number of rotatable bonds is 5. The van der Waals surface area contributed by atoms with Crippen LogP contribution < -0.4 is 15.4 Å². The summed E-state index contributed by atoms with van der Waals surface area (Å²) in [6.07, 6.45) is 0.581. The number of ether oxygens (including phenoxy) is 1. The third-order valence-corrected chi connectivity index (χ3v) is 5.40. The van der Waals surface area contributed by atoms with E-state index in [0.29, 0.717) is 30.2 Å². The number of hydrogen-bond acceptors (Lipinski definition) is 5. The Morgan fingerprint density at radius 2 is 2.21 bits per heavy atom. The highest BCUT2D eigenvalue weighted by Gasteiger charge is 2.28. The average Bonchev–Trinajstić information content (AvgIpc) is 2.85. The molecule has 1 aliphatic heterocycles. The number of methoxy groups -OCH3 is 1. The largest absolute Gasteiger partial charge is 0.504 e. The summed E-state index contributed by atoms with van der Waals surface area (Å²) in [7, 11) is -1.45. The van der Waals surface area contributed by atoms with E-state index in [9.17, 15) is 13.5 Å². The molecule has 1 heterocycles. The zero-order valence-corrected chi connectivity index (χ0v) is 16.9. The van der Waals surface area contributed by atoms with Crippen LogP contribution in [0.3, 0.4) is 0 Å². The lowest BCUT2D eigenvalue weighted by Gasteiger charge is -2.16. The fourth-order valence-electron chi connectivity index (χ4n) is 2.45. The molecule has 9 heteroatoms. The maximum atomic E-state index is 11.5. The van der Waals surface area contributed by atoms with Crippen molar-refractivity contribution in [1.29, 1.82) is 0 Å². The van der Waals surface area contributed by atoms with Crippen molar-refractivity contribution in [3.8, 4) is 11.5 Å². The molecule has 24 heavy (non-hydrogen) atoms. The smallest absolute Gasteiger partial charge is 0.191 e.